The molecule has 1 aliphatic rings. The Morgan fingerprint density at radius 1 is 1.11 bits per heavy atom. The van der Waals surface area contributed by atoms with Gasteiger partial charge in [-0.25, -0.2) is 8.42 Å². The fraction of sp³-hybridized carbons (Fsp3) is 0.222. The van der Waals surface area contributed by atoms with Crippen LogP contribution in [-0.2, 0) is 19.6 Å². The Morgan fingerprint density at radius 3 is 2.46 bits per heavy atom. The third-order valence-corrected chi connectivity index (χ3v) is 5.63. The second kappa shape index (κ2) is 7.87. The van der Waals surface area contributed by atoms with Crippen molar-refractivity contribution in [3.63, 3.8) is 0 Å². The Labute approximate surface area is 161 Å². The number of nitrogens with zero attached hydrogens (tertiary/aromatic N) is 1. The van der Waals surface area contributed by atoms with Crippen LogP contribution in [0.4, 0.5) is 5.69 Å². The average molecular weight is 406 g/mol. The summed E-state index contributed by atoms with van der Waals surface area (Å²) in [5.74, 6) is 0.200. The minimum Gasteiger partial charge on any atom is -0.454 e. The molecule has 10 heteroatoms. The summed E-state index contributed by atoms with van der Waals surface area (Å²) in [6, 6.07) is 10.2. The van der Waals surface area contributed by atoms with Crippen LogP contribution in [0.3, 0.4) is 0 Å². The lowest BCUT2D eigenvalue weighted by molar-refractivity contribution is -0.134. The van der Waals surface area contributed by atoms with Crippen LogP contribution in [0.5, 0.6) is 17.2 Å². The number of fused-ring (bicyclic) bond motifs is 1. The van der Waals surface area contributed by atoms with E-state index in [1.165, 1.54) is 50.4 Å². The quantitative estimate of drug-likeness (QED) is 0.573. The van der Waals surface area contributed by atoms with Crippen LogP contribution in [0.25, 0.3) is 0 Å². The van der Waals surface area contributed by atoms with E-state index in [-0.39, 0.29) is 23.3 Å². The number of sulfonamides is 1. The van der Waals surface area contributed by atoms with Crippen molar-refractivity contribution in [2.75, 3.05) is 25.7 Å². The molecule has 1 N–H and O–H groups in total. The van der Waals surface area contributed by atoms with Crippen molar-refractivity contribution >= 4 is 27.6 Å². The molecule has 0 atom stereocenters. The topological polar surface area (TPSA) is 111 Å². The maximum Gasteiger partial charge on any atom is 0.326 e. The Kier molecular flexibility index (Phi) is 5.52. The van der Waals surface area contributed by atoms with E-state index in [1.807, 2.05) is 0 Å². The van der Waals surface area contributed by atoms with Crippen LogP contribution in [-0.4, -0.2) is 45.0 Å². The highest BCUT2D eigenvalue weighted by atomic mass is 32.2. The number of esters is 1. The molecule has 0 saturated carbocycles. The van der Waals surface area contributed by atoms with Gasteiger partial charge in [-0.2, -0.15) is 4.31 Å². The zero-order chi connectivity index (χ0) is 20.3. The summed E-state index contributed by atoms with van der Waals surface area (Å²) in [5.41, 5.74) is 0.469. The summed E-state index contributed by atoms with van der Waals surface area (Å²) in [6.45, 7) is 0.961. The summed E-state index contributed by atoms with van der Waals surface area (Å²) >= 11 is 0. The number of hydrogen-bond donors (Lipinski definition) is 1. The van der Waals surface area contributed by atoms with Gasteiger partial charge < -0.3 is 19.5 Å². The van der Waals surface area contributed by atoms with Crippen molar-refractivity contribution in [1.29, 1.82) is 0 Å². The first-order valence-electron chi connectivity index (χ1n) is 8.20. The van der Waals surface area contributed by atoms with Crippen LogP contribution in [0.2, 0.25) is 0 Å². The lowest BCUT2D eigenvalue weighted by atomic mass is 10.3. The van der Waals surface area contributed by atoms with Gasteiger partial charge in [-0.15, -0.1) is 0 Å². The van der Waals surface area contributed by atoms with E-state index >= 15 is 0 Å². The lowest BCUT2D eigenvalue weighted by Gasteiger charge is -2.16. The fourth-order valence-electron chi connectivity index (χ4n) is 2.46. The number of ether oxygens (including phenoxy) is 3. The number of carbonyl (C=O) groups excluding carboxylic acids is 2. The third kappa shape index (κ3) is 4.41. The maximum absolute atomic E-state index is 12.6. The molecule has 9 nitrogen and oxygen atoms in total. The van der Waals surface area contributed by atoms with Crippen LogP contribution in [0.15, 0.2) is 47.4 Å². The number of benzene rings is 2. The Morgan fingerprint density at radius 2 is 1.79 bits per heavy atom. The van der Waals surface area contributed by atoms with E-state index in [9.17, 15) is 18.0 Å². The van der Waals surface area contributed by atoms with E-state index in [0.29, 0.717) is 17.2 Å². The molecule has 2 aromatic rings. The van der Waals surface area contributed by atoms with Crippen molar-refractivity contribution in [2.24, 2.45) is 0 Å². The first-order valence-corrected chi connectivity index (χ1v) is 9.64. The third-order valence-electron chi connectivity index (χ3n) is 3.81. The predicted octanol–water partition coefficient (Wildman–Crippen LogP) is 1.60. The number of rotatable bonds is 6. The van der Waals surface area contributed by atoms with Gasteiger partial charge in [0.1, 0.15) is 12.3 Å². The molecule has 28 heavy (non-hydrogen) atoms. The van der Waals surface area contributed by atoms with E-state index in [1.54, 1.807) is 6.07 Å². The summed E-state index contributed by atoms with van der Waals surface area (Å²) in [7, 11) is -2.63. The molecule has 1 amide bonds. The van der Waals surface area contributed by atoms with Crippen molar-refractivity contribution in [3.8, 4) is 17.2 Å². The summed E-state index contributed by atoms with van der Waals surface area (Å²) in [6.07, 6.45) is 0. The molecule has 0 bridgehead atoms. The number of carbonyl (C=O) groups is 2. The van der Waals surface area contributed by atoms with Gasteiger partial charge in [-0.1, -0.05) is 0 Å². The number of amides is 1. The van der Waals surface area contributed by atoms with Crippen LogP contribution >= 0.6 is 0 Å². The van der Waals surface area contributed by atoms with Gasteiger partial charge in [0, 0.05) is 25.7 Å². The highest BCUT2D eigenvalue weighted by Gasteiger charge is 2.24. The van der Waals surface area contributed by atoms with Crippen molar-refractivity contribution in [3.05, 3.63) is 42.5 Å². The summed E-state index contributed by atoms with van der Waals surface area (Å²) in [4.78, 5) is 23.1. The molecule has 1 heterocycles. The highest BCUT2D eigenvalue weighted by molar-refractivity contribution is 7.89. The van der Waals surface area contributed by atoms with Gasteiger partial charge in [-0.05, 0) is 36.4 Å². The molecular formula is C18H18N2O7S. The van der Waals surface area contributed by atoms with Crippen LogP contribution < -0.4 is 19.5 Å². The smallest absolute Gasteiger partial charge is 0.326 e. The molecule has 0 aliphatic carbocycles. The number of anilines is 1. The minimum atomic E-state index is -3.91. The van der Waals surface area contributed by atoms with Gasteiger partial charge in [0.25, 0.3) is 0 Å². The molecule has 0 radical (unpaired) electrons. The normalized spacial score (nSPS) is 12.7. The number of likely N-dealkylation sites (N-methyl/N-ethyl adjacent to an activating group) is 1. The first kappa shape index (κ1) is 19.6. The van der Waals surface area contributed by atoms with Crippen molar-refractivity contribution < 1.29 is 32.2 Å². The molecule has 0 saturated heterocycles. The minimum absolute atomic E-state index is 0.0139. The first-order chi connectivity index (χ1) is 13.3. The largest absolute Gasteiger partial charge is 0.454 e. The fourth-order valence-corrected chi connectivity index (χ4v) is 3.58. The number of nitrogens with one attached hydrogen (secondary N) is 1. The lowest BCUT2D eigenvalue weighted by Crippen LogP contribution is -2.34. The molecule has 0 unspecified atom stereocenters. The van der Waals surface area contributed by atoms with Gasteiger partial charge in [0.15, 0.2) is 11.5 Å². The Bertz CT molecular complexity index is 1000. The number of hydrogen-bond acceptors (Lipinski definition) is 7. The average Bonchev–Trinajstić information content (AvgIpc) is 3.09. The maximum atomic E-state index is 12.6. The van der Waals surface area contributed by atoms with Gasteiger partial charge in [0.2, 0.25) is 22.7 Å². The predicted molar refractivity (Wildman–Crippen MR) is 98.8 cm³/mol. The second-order valence-corrected chi connectivity index (χ2v) is 8.00. The molecule has 2 aromatic carbocycles. The molecular weight excluding hydrogens is 388 g/mol. The standard InChI is InChI=1S/C18H18N2O7S/c1-12(21)19-13-3-6-15(7-4-13)28(23,24)20(2)10-18(22)27-14-5-8-16-17(9-14)26-11-25-16/h3-9H,10-11H2,1-2H3,(H,19,21). The molecule has 0 fully saturated rings. The molecule has 0 aromatic heterocycles. The van der Waals surface area contributed by atoms with E-state index in [0.717, 1.165) is 4.31 Å². The van der Waals surface area contributed by atoms with Gasteiger partial charge >= 0.3 is 5.97 Å². The summed E-state index contributed by atoms with van der Waals surface area (Å²) in [5, 5.41) is 2.55. The van der Waals surface area contributed by atoms with E-state index < -0.39 is 22.5 Å². The van der Waals surface area contributed by atoms with Crippen LogP contribution in [0, 0.1) is 0 Å². The van der Waals surface area contributed by atoms with E-state index in [4.69, 9.17) is 14.2 Å². The van der Waals surface area contributed by atoms with Gasteiger partial charge in [0.05, 0.1) is 4.90 Å². The van der Waals surface area contributed by atoms with Crippen molar-refractivity contribution in [1.82, 2.24) is 4.31 Å². The van der Waals surface area contributed by atoms with E-state index in [2.05, 4.69) is 5.32 Å². The molecule has 1 aliphatic heterocycles. The molecule has 0 spiro atoms. The Balaban J connectivity index is 1.64. The zero-order valence-corrected chi connectivity index (χ0v) is 16.0. The van der Waals surface area contributed by atoms with Crippen molar-refractivity contribution in [2.45, 2.75) is 11.8 Å². The van der Waals surface area contributed by atoms with Crippen LogP contribution in [0.1, 0.15) is 6.92 Å². The molecule has 3 rings (SSSR count). The second-order valence-electron chi connectivity index (χ2n) is 5.96. The highest BCUT2D eigenvalue weighted by Crippen LogP contribution is 2.35. The molecule has 148 valence electrons. The Hall–Kier alpha value is -3.11. The zero-order valence-electron chi connectivity index (χ0n) is 15.2. The summed E-state index contributed by atoms with van der Waals surface area (Å²) < 4.78 is 41.6. The van der Waals surface area contributed by atoms with Gasteiger partial charge in [-0.3, -0.25) is 9.59 Å². The SMILES string of the molecule is CC(=O)Nc1ccc(S(=O)(=O)N(C)CC(=O)Oc2ccc3c(c2)OCO3)cc1. The monoisotopic (exact) mass is 406 g/mol.